The summed E-state index contributed by atoms with van der Waals surface area (Å²) in [5.74, 6) is 5.80. The number of H-pyrrole nitrogens is 1. The van der Waals surface area contributed by atoms with Crippen LogP contribution in [-0.2, 0) is 0 Å². The number of nitrogens with one attached hydrogen (secondary N) is 3. The molecule has 2 heterocycles. The average molecular weight is 282 g/mol. The average Bonchev–Trinajstić information content (AvgIpc) is 2.91. The molecule has 2 rings (SSSR count). The molecule has 0 aromatic carbocycles. The molecule has 1 amide bonds. The molecule has 0 saturated carbocycles. The largest absolute Gasteiger partial charge is 0.342 e. The standard InChI is InChI=1S/C10H12ClN7O/c1-5(9-13-4-14-18-9)15-10(19)6-2-7(11)16-8(3-6)17-12/h2-5H,12H2,1H3,(H,15,19)(H,16,17)(H,13,14,18). The minimum absolute atomic E-state index is 0.174. The zero-order valence-electron chi connectivity index (χ0n) is 10.0. The van der Waals surface area contributed by atoms with E-state index in [9.17, 15) is 4.79 Å². The summed E-state index contributed by atoms with van der Waals surface area (Å²) in [6.07, 6.45) is 1.37. The summed E-state index contributed by atoms with van der Waals surface area (Å²) < 4.78 is 0. The minimum atomic E-state index is -0.315. The van der Waals surface area contributed by atoms with Crippen molar-refractivity contribution in [3.8, 4) is 0 Å². The van der Waals surface area contributed by atoms with Crippen LogP contribution >= 0.6 is 11.6 Å². The maximum atomic E-state index is 12.0. The second-order valence-corrected chi connectivity index (χ2v) is 4.16. The number of amides is 1. The van der Waals surface area contributed by atoms with Gasteiger partial charge >= 0.3 is 0 Å². The predicted octanol–water partition coefficient (Wildman–Crippen LogP) is 0.630. The molecule has 0 bridgehead atoms. The van der Waals surface area contributed by atoms with Gasteiger partial charge in [0, 0.05) is 5.56 Å². The zero-order valence-corrected chi connectivity index (χ0v) is 10.8. The van der Waals surface area contributed by atoms with Crippen molar-refractivity contribution in [1.29, 1.82) is 0 Å². The van der Waals surface area contributed by atoms with Crippen LogP contribution in [-0.4, -0.2) is 26.1 Å². The number of rotatable bonds is 4. The zero-order chi connectivity index (χ0) is 13.8. The first-order valence-corrected chi connectivity index (χ1v) is 5.78. The minimum Gasteiger partial charge on any atom is -0.342 e. The van der Waals surface area contributed by atoms with Crippen molar-refractivity contribution in [1.82, 2.24) is 25.5 Å². The molecule has 19 heavy (non-hydrogen) atoms. The number of carbonyl (C=O) groups excluding carboxylic acids is 1. The monoisotopic (exact) mass is 281 g/mol. The number of anilines is 1. The van der Waals surface area contributed by atoms with Gasteiger partial charge in [0.2, 0.25) is 0 Å². The highest BCUT2D eigenvalue weighted by molar-refractivity contribution is 6.29. The Balaban J connectivity index is 2.13. The van der Waals surface area contributed by atoms with Gasteiger partial charge in [-0.25, -0.2) is 15.8 Å². The topological polar surface area (TPSA) is 122 Å². The Kier molecular flexibility index (Phi) is 3.93. The molecule has 9 heteroatoms. The van der Waals surface area contributed by atoms with Gasteiger partial charge in [-0.1, -0.05) is 11.6 Å². The van der Waals surface area contributed by atoms with Crippen LogP contribution in [0.5, 0.6) is 0 Å². The molecular weight excluding hydrogens is 270 g/mol. The third-order valence-corrected chi connectivity index (χ3v) is 2.59. The van der Waals surface area contributed by atoms with E-state index in [4.69, 9.17) is 17.4 Å². The molecule has 0 aliphatic carbocycles. The van der Waals surface area contributed by atoms with Gasteiger partial charge in [-0.15, -0.1) is 0 Å². The van der Waals surface area contributed by atoms with Crippen molar-refractivity contribution >= 4 is 23.3 Å². The van der Waals surface area contributed by atoms with Gasteiger partial charge in [0.05, 0.1) is 6.04 Å². The van der Waals surface area contributed by atoms with Crippen molar-refractivity contribution in [3.05, 3.63) is 35.0 Å². The van der Waals surface area contributed by atoms with E-state index in [0.29, 0.717) is 17.2 Å². The third-order valence-electron chi connectivity index (χ3n) is 2.40. The Bertz CT molecular complexity index is 571. The first-order chi connectivity index (χ1) is 9.10. The number of aromatic nitrogens is 4. The highest BCUT2D eigenvalue weighted by atomic mass is 35.5. The Morgan fingerprint density at radius 3 is 2.95 bits per heavy atom. The number of aromatic amines is 1. The van der Waals surface area contributed by atoms with Gasteiger partial charge in [-0.3, -0.25) is 9.89 Å². The van der Waals surface area contributed by atoms with E-state index in [0.717, 1.165) is 0 Å². The molecule has 8 nitrogen and oxygen atoms in total. The lowest BCUT2D eigenvalue weighted by molar-refractivity contribution is 0.0938. The number of hydrazine groups is 1. The van der Waals surface area contributed by atoms with Crippen LogP contribution in [0.3, 0.4) is 0 Å². The van der Waals surface area contributed by atoms with Crippen LogP contribution in [0.4, 0.5) is 5.82 Å². The lowest BCUT2D eigenvalue weighted by Gasteiger charge is -2.11. The number of carbonyl (C=O) groups is 1. The van der Waals surface area contributed by atoms with E-state index >= 15 is 0 Å². The molecule has 5 N–H and O–H groups in total. The first kappa shape index (κ1) is 13.2. The highest BCUT2D eigenvalue weighted by Crippen LogP contribution is 2.15. The van der Waals surface area contributed by atoms with Crippen LogP contribution in [0.2, 0.25) is 5.15 Å². The van der Waals surface area contributed by atoms with Gasteiger partial charge in [0.15, 0.2) is 0 Å². The summed E-state index contributed by atoms with van der Waals surface area (Å²) in [4.78, 5) is 19.9. The van der Waals surface area contributed by atoms with E-state index in [1.807, 2.05) is 0 Å². The number of hydrogen-bond acceptors (Lipinski definition) is 6. The molecule has 2 aromatic heterocycles. The highest BCUT2D eigenvalue weighted by Gasteiger charge is 2.14. The summed E-state index contributed by atoms with van der Waals surface area (Å²) in [7, 11) is 0. The molecule has 0 aliphatic heterocycles. The number of nitrogens with two attached hydrogens (primary N) is 1. The smallest absolute Gasteiger partial charge is 0.252 e. The van der Waals surface area contributed by atoms with E-state index in [1.165, 1.54) is 18.5 Å². The summed E-state index contributed by atoms with van der Waals surface area (Å²) in [6, 6.07) is 2.63. The number of halogens is 1. The second-order valence-electron chi connectivity index (χ2n) is 3.77. The molecule has 0 fully saturated rings. The lowest BCUT2D eigenvalue weighted by Crippen LogP contribution is -2.27. The first-order valence-electron chi connectivity index (χ1n) is 5.40. The number of pyridine rings is 1. The fourth-order valence-electron chi connectivity index (χ4n) is 1.47. The molecule has 1 unspecified atom stereocenters. The lowest BCUT2D eigenvalue weighted by atomic mass is 10.2. The van der Waals surface area contributed by atoms with Gasteiger partial charge < -0.3 is 10.7 Å². The Labute approximate surface area is 113 Å². The Hall–Kier alpha value is -2.19. The Morgan fingerprint density at radius 2 is 2.32 bits per heavy atom. The van der Waals surface area contributed by atoms with Gasteiger partial charge in [0.1, 0.15) is 23.1 Å². The quantitative estimate of drug-likeness (QED) is 0.370. The SMILES string of the molecule is CC(NC(=O)c1cc(Cl)nc(NN)c1)c1ncn[nH]1. The van der Waals surface area contributed by atoms with Crippen molar-refractivity contribution < 1.29 is 4.79 Å². The van der Waals surface area contributed by atoms with Crippen LogP contribution in [0, 0.1) is 0 Å². The molecular formula is C10H12ClN7O. The van der Waals surface area contributed by atoms with Crippen LogP contribution < -0.4 is 16.6 Å². The predicted molar refractivity (Wildman–Crippen MR) is 69.3 cm³/mol. The maximum Gasteiger partial charge on any atom is 0.252 e. The van der Waals surface area contributed by atoms with Crippen LogP contribution in [0.1, 0.15) is 29.1 Å². The van der Waals surface area contributed by atoms with Crippen molar-refractivity contribution in [2.45, 2.75) is 13.0 Å². The van der Waals surface area contributed by atoms with Crippen molar-refractivity contribution in [3.63, 3.8) is 0 Å². The van der Waals surface area contributed by atoms with Crippen molar-refractivity contribution in [2.75, 3.05) is 5.43 Å². The summed E-state index contributed by atoms with van der Waals surface area (Å²) in [6.45, 7) is 1.78. The summed E-state index contributed by atoms with van der Waals surface area (Å²) in [5.41, 5.74) is 2.69. The molecule has 0 saturated heterocycles. The number of nitrogen functional groups attached to an aromatic ring is 1. The van der Waals surface area contributed by atoms with E-state index in [1.54, 1.807) is 6.92 Å². The maximum absolute atomic E-state index is 12.0. The number of hydrogen-bond donors (Lipinski definition) is 4. The van der Waals surface area contributed by atoms with Crippen LogP contribution in [0.25, 0.3) is 0 Å². The molecule has 0 aliphatic rings. The van der Waals surface area contributed by atoms with Gasteiger partial charge in [-0.2, -0.15) is 5.10 Å². The Morgan fingerprint density at radius 1 is 1.53 bits per heavy atom. The second kappa shape index (κ2) is 5.63. The fourth-order valence-corrected chi connectivity index (χ4v) is 1.68. The van der Waals surface area contributed by atoms with Crippen molar-refractivity contribution in [2.24, 2.45) is 5.84 Å². The fraction of sp³-hybridized carbons (Fsp3) is 0.200. The normalized spacial score (nSPS) is 11.9. The van der Waals surface area contributed by atoms with Gasteiger partial charge in [0.25, 0.3) is 5.91 Å². The van der Waals surface area contributed by atoms with E-state index < -0.39 is 0 Å². The summed E-state index contributed by atoms with van der Waals surface area (Å²) >= 11 is 5.79. The molecule has 1 atom stereocenters. The van der Waals surface area contributed by atoms with E-state index in [2.05, 4.69) is 30.9 Å². The number of nitrogens with zero attached hydrogens (tertiary/aromatic N) is 3. The van der Waals surface area contributed by atoms with E-state index in [-0.39, 0.29) is 17.1 Å². The molecule has 2 aromatic rings. The van der Waals surface area contributed by atoms with Crippen LogP contribution in [0.15, 0.2) is 18.5 Å². The summed E-state index contributed by atoms with van der Waals surface area (Å²) in [5, 5.41) is 9.32. The molecule has 0 spiro atoms. The molecule has 0 radical (unpaired) electrons. The molecule has 100 valence electrons. The van der Waals surface area contributed by atoms with Gasteiger partial charge in [-0.05, 0) is 19.1 Å². The third kappa shape index (κ3) is 3.18.